The van der Waals surface area contributed by atoms with Crippen molar-refractivity contribution in [2.45, 2.75) is 19.7 Å². The molecule has 0 saturated heterocycles. The SMILES string of the molecule is CCOP(=O)(OCC)C(C#N)OC(=O)NC. The number of hydrogen-bond acceptors (Lipinski definition) is 6. The molecule has 0 heterocycles. The monoisotopic (exact) mass is 250 g/mol. The van der Waals surface area contributed by atoms with Crippen molar-refractivity contribution in [1.82, 2.24) is 5.32 Å². The Labute approximate surface area is 94.2 Å². The third kappa shape index (κ3) is 4.19. The van der Waals surface area contributed by atoms with Crippen molar-refractivity contribution in [1.29, 1.82) is 5.26 Å². The van der Waals surface area contributed by atoms with Crippen LogP contribution >= 0.6 is 7.60 Å². The van der Waals surface area contributed by atoms with Crippen LogP contribution in [0.4, 0.5) is 4.79 Å². The fourth-order valence-electron chi connectivity index (χ4n) is 0.854. The molecule has 0 aromatic heterocycles. The number of amides is 1. The number of nitrogens with one attached hydrogen (secondary N) is 1. The minimum atomic E-state index is -3.74. The molecule has 0 aliphatic rings. The van der Waals surface area contributed by atoms with Crippen LogP contribution in [-0.2, 0) is 18.3 Å². The number of ether oxygens (including phenoxy) is 1. The van der Waals surface area contributed by atoms with Crippen molar-refractivity contribution in [2.75, 3.05) is 20.3 Å². The molecule has 0 radical (unpaired) electrons. The maximum Gasteiger partial charge on any atom is 0.408 e. The molecule has 1 atom stereocenters. The smallest absolute Gasteiger partial charge is 0.408 e. The molecule has 0 bridgehead atoms. The van der Waals surface area contributed by atoms with Gasteiger partial charge in [0.25, 0.3) is 5.85 Å². The summed E-state index contributed by atoms with van der Waals surface area (Å²) in [5.74, 6) is -1.56. The lowest BCUT2D eigenvalue weighted by atomic mass is 10.8. The molecule has 0 aliphatic heterocycles. The lowest BCUT2D eigenvalue weighted by Crippen LogP contribution is -2.26. The van der Waals surface area contributed by atoms with E-state index in [1.165, 1.54) is 7.05 Å². The summed E-state index contributed by atoms with van der Waals surface area (Å²) in [5.41, 5.74) is 0. The van der Waals surface area contributed by atoms with Crippen molar-refractivity contribution >= 4 is 13.7 Å². The van der Waals surface area contributed by atoms with E-state index in [9.17, 15) is 9.36 Å². The Bertz CT molecular complexity index is 304. The van der Waals surface area contributed by atoms with E-state index < -0.39 is 19.5 Å². The molecule has 0 rings (SSSR count). The van der Waals surface area contributed by atoms with Crippen LogP contribution in [0.5, 0.6) is 0 Å². The van der Waals surface area contributed by atoms with Gasteiger partial charge in [-0.05, 0) is 13.8 Å². The Kier molecular flexibility index (Phi) is 6.74. The molecule has 1 N–H and O–H groups in total. The Hall–Kier alpha value is -1.09. The van der Waals surface area contributed by atoms with E-state index >= 15 is 0 Å². The average Bonchev–Trinajstić information content (AvgIpc) is 2.25. The van der Waals surface area contributed by atoms with E-state index in [2.05, 4.69) is 10.1 Å². The number of carbonyl (C=O) groups excluding carboxylic acids is 1. The van der Waals surface area contributed by atoms with Crippen LogP contribution in [0, 0.1) is 11.3 Å². The summed E-state index contributed by atoms with van der Waals surface area (Å²) < 4.78 is 26.4. The molecule has 1 amide bonds. The van der Waals surface area contributed by atoms with Crippen LogP contribution in [0.2, 0.25) is 0 Å². The molecule has 16 heavy (non-hydrogen) atoms. The zero-order valence-electron chi connectivity index (χ0n) is 9.43. The van der Waals surface area contributed by atoms with Gasteiger partial charge >= 0.3 is 13.7 Å². The Morgan fingerprint density at radius 2 is 1.94 bits per heavy atom. The Balaban J connectivity index is 4.79. The fourth-order valence-corrected chi connectivity index (χ4v) is 2.29. The lowest BCUT2D eigenvalue weighted by Gasteiger charge is -2.20. The highest BCUT2D eigenvalue weighted by atomic mass is 31.2. The van der Waals surface area contributed by atoms with Gasteiger partial charge < -0.3 is 19.1 Å². The highest BCUT2D eigenvalue weighted by molar-refractivity contribution is 7.54. The number of nitriles is 1. The molecule has 0 spiro atoms. The molecule has 0 saturated carbocycles. The molecule has 0 aliphatic carbocycles. The predicted octanol–water partition coefficient (Wildman–Crippen LogP) is 1.46. The average molecular weight is 250 g/mol. The second-order valence-corrected chi connectivity index (χ2v) is 4.58. The lowest BCUT2D eigenvalue weighted by molar-refractivity contribution is 0.123. The van der Waals surface area contributed by atoms with Gasteiger partial charge in [-0.2, -0.15) is 5.26 Å². The maximum absolute atomic E-state index is 12.0. The molecular formula is C8H15N2O5P. The summed E-state index contributed by atoms with van der Waals surface area (Å²) in [6.45, 7) is 3.37. The van der Waals surface area contributed by atoms with Crippen molar-refractivity contribution in [3.05, 3.63) is 0 Å². The van der Waals surface area contributed by atoms with Crippen LogP contribution in [0.3, 0.4) is 0 Å². The molecule has 92 valence electrons. The largest absolute Gasteiger partial charge is 0.417 e. The van der Waals surface area contributed by atoms with Gasteiger partial charge in [-0.1, -0.05) is 0 Å². The van der Waals surface area contributed by atoms with Gasteiger partial charge in [-0.3, -0.25) is 4.57 Å². The first kappa shape index (κ1) is 14.9. The van der Waals surface area contributed by atoms with Gasteiger partial charge in [0.1, 0.15) is 6.07 Å². The van der Waals surface area contributed by atoms with Crippen LogP contribution in [-0.4, -0.2) is 32.2 Å². The van der Waals surface area contributed by atoms with Gasteiger partial charge in [0.15, 0.2) is 0 Å². The van der Waals surface area contributed by atoms with Gasteiger partial charge in [-0.25, -0.2) is 4.79 Å². The van der Waals surface area contributed by atoms with E-state index in [0.29, 0.717) is 0 Å². The van der Waals surface area contributed by atoms with Crippen molar-refractivity contribution in [2.24, 2.45) is 0 Å². The third-order valence-corrected chi connectivity index (χ3v) is 3.47. The van der Waals surface area contributed by atoms with E-state index in [-0.39, 0.29) is 13.2 Å². The number of alkyl carbamates (subject to hydrolysis) is 1. The highest BCUT2D eigenvalue weighted by Gasteiger charge is 2.39. The van der Waals surface area contributed by atoms with Crippen LogP contribution in [0.1, 0.15) is 13.8 Å². The zero-order valence-corrected chi connectivity index (χ0v) is 10.3. The van der Waals surface area contributed by atoms with E-state index in [0.717, 1.165) is 0 Å². The van der Waals surface area contributed by atoms with Gasteiger partial charge in [0, 0.05) is 7.05 Å². The number of hydrogen-bond donors (Lipinski definition) is 1. The topological polar surface area (TPSA) is 97.7 Å². The predicted molar refractivity (Wildman–Crippen MR) is 55.8 cm³/mol. The van der Waals surface area contributed by atoms with Crippen LogP contribution in [0.25, 0.3) is 0 Å². The van der Waals surface area contributed by atoms with Crippen LogP contribution in [0.15, 0.2) is 0 Å². The molecule has 8 heteroatoms. The van der Waals surface area contributed by atoms with E-state index in [4.69, 9.17) is 14.3 Å². The van der Waals surface area contributed by atoms with Crippen molar-refractivity contribution in [3.63, 3.8) is 0 Å². The van der Waals surface area contributed by atoms with Crippen LogP contribution < -0.4 is 5.32 Å². The molecule has 0 aromatic rings. The number of carbonyl (C=O) groups is 1. The Morgan fingerprint density at radius 1 is 1.44 bits per heavy atom. The summed E-state index contributed by atoms with van der Waals surface area (Å²) in [5, 5.41) is 10.9. The summed E-state index contributed by atoms with van der Waals surface area (Å²) in [6, 6.07) is 1.58. The van der Waals surface area contributed by atoms with Crippen molar-refractivity contribution in [3.8, 4) is 6.07 Å². The van der Waals surface area contributed by atoms with E-state index in [1.54, 1.807) is 19.9 Å². The second kappa shape index (κ2) is 7.23. The minimum Gasteiger partial charge on any atom is -0.417 e. The standard InChI is InChI=1S/C8H15N2O5P/c1-4-13-16(12,14-5-2)7(6-9)15-8(11)10-3/h7H,4-5H2,1-3H3,(H,10,11). The summed E-state index contributed by atoms with van der Waals surface area (Å²) >= 11 is 0. The number of nitrogens with zero attached hydrogens (tertiary/aromatic N) is 1. The molecule has 0 aromatic carbocycles. The first-order chi connectivity index (χ1) is 7.53. The second-order valence-electron chi connectivity index (χ2n) is 2.51. The third-order valence-electron chi connectivity index (χ3n) is 1.44. The normalized spacial score (nSPS) is 12.6. The van der Waals surface area contributed by atoms with Gasteiger partial charge in [0.05, 0.1) is 13.2 Å². The summed E-state index contributed by atoms with van der Waals surface area (Å²) in [4.78, 5) is 10.9. The summed E-state index contributed by atoms with van der Waals surface area (Å²) in [7, 11) is -2.42. The molecule has 0 fully saturated rings. The number of rotatable bonds is 6. The quantitative estimate of drug-likeness (QED) is 0.716. The first-order valence-corrected chi connectivity index (χ1v) is 6.32. The maximum atomic E-state index is 12.0. The van der Waals surface area contributed by atoms with Gasteiger partial charge in [-0.15, -0.1) is 0 Å². The summed E-state index contributed by atoms with van der Waals surface area (Å²) in [6.07, 6.45) is -0.869. The molecule has 1 unspecified atom stereocenters. The minimum absolute atomic E-state index is 0.0898. The van der Waals surface area contributed by atoms with E-state index in [1.807, 2.05) is 0 Å². The first-order valence-electron chi connectivity index (χ1n) is 4.70. The Morgan fingerprint density at radius 3 is 2.25 bits per heavy atom. The highest BCUT2D eigenvalue weighted by Crippen LogP contribution is 2.53. The molecular weight excluding hydrogens is 235 g/mol. The molecule has 7 nitrogen and oxygen atoms in total. The zero-order chi connectivity index (χ0) is 12.6. The van der Waals surface area contributed by atoms with Gasteiger partial charge in [0.2, 0.25) is 0 Å². The fraction of sp³-hybridized carbons (Fsp3) is 0.750. The van der Waals surface area contributed by atoms with Crippen molar-refractivity contribution < 1.29 is 23.1 Å².